The van der Waals surface area contributed by atoms with Crippen molar-refractivity contribution in [3.05, 3.63) is 22.8 Å². The van der Waals surface area contributed by atoms with E-state index in [9.17, 15) is 0 Å². The van der Waals surface area contributed by atoms with Gasteiger partial charge in [0.05, 0.1) is 11.4 Å². The van der Waals surface area contributed by atoms with E-state index in [1.54, 1.807) is 0 Å². The second-order valence-electron chi connectivity index (χ2n) is 4.83. The monoisotopic (exact) mass is 206 g/mol. The molecule has 4 N–H and O–H groups in total. The Hall–Kier alpha value is -1.18. The SMILES string of the molecule is Cc1cc(C(C)C)c(C(C)C)c(N)c1N. The van der Waals surface area contributed by atoms with Gasteiger partial charge in [-0.3, -0.25) is 0 Å². The predicted octanol–water partition coefficient (Wildman–Crippen LogP) is 3.41. The molecule has 1 rings (SSSR count). The maximum absolute atomic E-state index is 6.10. The fraction of sp³-hybridized carbons (Fsp3) is 0.538. The van der Waals surface area contributed by atoms with Crippen LogP contribution < -0.4 is 11.5 Å². The van der Waals surface area contributed by atoms with E-state index >= 15 is 0 Å². The standard InChI is InChI=1S/C13H22N2/c1-7(2)10-6-9(5)12(14)13(15)11(10)8(3)4/h6-8H,14-15H2,1-5H3. The third kappa shape index (κ3) is 2.09. The fourth-order valence-corrected chi connectivity index (χ4v) is 2.02. The fourth-order valence-electron chi connectivity index (χ4n) is 2.02. The summed E-state index contributed by atoms with van der Waals surface area (Å²) in [7, 11) is 0. The Kier molecular flexibility index (Phi) is 3.28. The van der Waals surface area contributed by atoms with Crippen molar-refractivity contribution in [2.24, 2.45) is 0 Å². The molecule has 0 bridgehead atoms. The highest BCUT2D eigenvalue weighted by Gasteiger charge is 2.16. The molecule has 0 atom stereocenters. The second kappa shape index (κ2) is 4.13. The number of nitrogen functional groups attached to an aromatic ring is 2. The lowest BCUT2D eigenvalue weighted by molar-refractivity contribution is 0.792. The summed E-state index contributed by atoms with van der Waals surface area (Å²) in [5.41, 5.74) is 17.2. The van der Waals surface area contributed by atoms with Gasteiger partial charge < -0.3 is 11.5 Å². The Labute approximate surface area is 92.7 Å². The molecule has 15 heavy (non-hydrogen) atoms. The van der Waals surface area contributed by atoms with Crippen molar-refractivity contribution >= 4 is 11.4 Å². The van der Waals surface area contributed by atoms with Crippen LogP contribution in [0.4, 0.5) is 11.4 Å². The van der Waals surface area contributed by atoms with Crippen LogP contribution >= 0.6 is 0 Å². The maximum atomic E-state index is 6.10. The van der Waals surface area contributed by atoms with Crippen molar-refractivity contribution in [2.45, 2.75) is 46.5 Å². The third-order valence-corrected chi connectivity index (χ3v) is 2.89. The third-order valence-electron chi connectivity index (χ3n) is 2.89. The van der Waals surface area contributed by atoms with E-state index in [0.717, 1.165) is 16.9 Å². The average molecular weight is 206 g/mol. The topological polar surface area (TPSA) is 52.0 Å². The van der Waals surface area contributed by atoms with Gasteiger partial charge in [0.25, 0.3) is 0 Å². The second-order valence-corrected chi connectivity index (χ2v) is 4.83. The predicted molar refractivity (Wildman–Crippen MR) is 68.2 cm³/mol. The highest BCUT2D eigenvalue weighted by atomic mass is 14.7. The van der Waals surface area contributed by atoms with Gasteiger partial charge >= 0.3 is 0 Å². The average Bonchev–Trinajstić information content (AvgIpc) is 2.12. The van der Waals surface area contributed by atoms with Crippen LogP contribution in [0.5, 0.6) is 0 Å². The van der Waals surface area contributed by atoms with Crippen LogP contribution in [0.3, 0.4) is 0 Å². The summed E-state index contributed by atoms with van der Waals surface area (Å²) < 4.78 is 0. The molecular formula is C13H22N2. The first-order valence-corrected chi connectivity index (χ1v) is 5.54. The summed E-state index contributed by atoms with van der Waals surface area (Å²) in [5, 5.41) is 0. The first kappa shape index (κ1) is 11.9. The summed E-state index contributed by atoms with van der Waals surface area (Å²) in [5.74, 6) is 0.911. The first-order chi connectivity index (χ1) is 6.86. The number of rotatable bonds is 2. The lowest BCUT2D eigenvalue weighted by Crippen LogP contribution is -2.08. The molecule has 0 saturated carbocycles. The molecule has 0 aliphatic rings. The van der Waals surface area contributed by atoms with Crippen molar-refractivity contribution in [2.75, 3.05) is 11.5 Å². The number of nitrogens with two attached hydrogens (primary N) is 2. The van der Waals surface area contributed by atoms with Gasteiger partial charge in [-0.05, 0) is 35.4 Å². The molecule has 0 aliphatic heterocycles. The zero-order valence-electron chi connectivity index (χ0n) is 10.4. The van der Waals surface area contributed by atoms with Crippen molar-refractivity contribution in [3.8, 4) is 0 Å². The molecule has 0 spiro atoms. The lowest BCUT2D eigenvalue weighted by Gasteiger charge is -2.21. The number of hydrogen-bond donors (Lipinski definition) is 2. The Morgan fingerprint density at radius 3 is 1.87 bits per heavy atom. The Morgan fingerprint density at radius 2 is 1.47 bits per heavy atom. The van der Waals surface area contributed by atoms with Crippen molar-refractivity contribution in [1.82, 2.24) is 0 Å². The van der Waals surface area contributed by atoms with Gasteiger partial charge in [0.15, 0.2) is 0 Å². The maximum Gasteiger partial charge on any atom is 0.0588 e. The number of benzene rings is 1. The van der Waals surface area contributed by atoms with E-state index in [-0.39, 0.29) is 0 Å². The Bertz CT molecular complexity index is 365. The first-order valence-electron chi connectivity index (χ1n) is 5.54. The van der Waals surface area contributed by atoms with Crippen molar-refractivity contribution in [3.63, 3.8) is 0 Å². The molecule has 0 heterocycles. The van der Waals surface area contributed by atoms with E-state index in [4.69, 9.17) is 11.5 Å². The Morgan fingerprint density at radius 1 is 0.933 bits per heavy atom. The minimum atomic E-state index is 0.422. The Balaban J connectivity index is 3.51. The normalized spacial score (nSPS) is 11.4. The quantitative estimate of drug-likeness (QED) is 0.729. The van der Waals surface area contributed by atoms with Crippen LogP contribution in [0.15, 0.2) is 6.07 Å². The van der Waals surface area contributed by atoms with Gasteiger partial charge in [0, 0.05) is 0 Å². The van der Waals surface area contributed by atoms with Crippen LogP contribution in [0.1, 0.15) is 56.2 Å². The molecule has 84 valence electrons. The van der Waals surface area contributed by atoms with Gasteiger partial charge in [-0.25, -0.2) is 0 Å². The van der Waals surface area contributed by atoms with Crippen molar-refractivity contribution < 1.29 is 0 Å². The molecule has 2 nitrogen and oxygen atoms in total. The molecule has 0 saturated heterocycles. The summed E-state index contributed by atoms with van der Waals surface area (Å²) >= 11 is 0. The summed E-state index contributed by atoms with van der Waals surface area (Å²) in [6.45, 7) is 10.7. The summed E-state index contributed by atoms with van der Waals surface area (Å²) in [4.78, 5) is 0. The molecule has 0 fully saturated rings. The van der Waals surface area contributed by atoms with E-state index in [2.05, 4.69) is 33.8 Å². The zero-order valence-corrected chi connectivity index (χ0v) is 10.4. The number of aryl methyl sites for hydroxylation is 1. The molecule has 0 radical (unpaired) electrons. The van der Waals surface area contributed by atoms with Gasteiger partial charge in [-0.15, -0.1) is 0 Å². The van der Waals surface area contributed by atoms with E-state index in [1.165, 1.54) is 11.1 Å². The van der Waals surface area contributed by atoms with E-state index in [0.29, 0.717) is 11.8 Å². The van der Waals surface area contributed by atoms with Gasteiger partial charge in [0.2, 0.25) is 0 Å². The highest BCUT2D eigenvalue weighted by Crippen LogP contribution is 2.36. The smallest absolute Gasteiger partial charge is 0.0588 e. The molecule has 0 unspecified atom stereocenters. The van der Waals surface area contributed by atoms with Gasteiger partial charge in [-0.2, -0.15) is 0 Å². The summed E-state index contributed by atoms with van der Waals surface area (Å²) in [6.07, 6.45) is 0. The molecule has 2 heteroatoms. The minimum Gasteiger partial charge on any atom is -0.397 e. The molecule has 1 aromatic carbocycles. The van der Waals surface area contributed by atoms with E-state index < -0.39 is 0 Å². The van der Waals surface area contributed by atoms with Gasteiger partial charge in [0.1, 0.15) is 0 Å². The van der Waals surface area contributed by atoms with Crippen LogP contribution in [0, 0.1) is 6.92 Å². The molecule has 1 aromatic rings. The van der Waals surface area contributed by atoms with Crippen molar-refractivity contribution in [1.29, 1.82) is 0 Å². The molecule has 0 aliphatic carbocycles. The highest BCUT2D eigenvalue weighted by molar-refractivity contribution is 5.73. The summed E-state index contributed by atoms with van der Waals surface area (Å²) in [6, 6.07) is 2.17. The van der Waals surface area contributed by atoms with Crippen LogP contribution in [0.25, 0.3) is 0 Å². The van der Waals surface area contributed by atoms with Gasteiger partial charge in [-0.1, -0.05) is 33.8 Å². The largest absolute Gasteiger partial charge is 0.397 e. The molecular weight excluding hydrogens is 184 g/mol. The van der Waals surface area contributed by atoms with E-state index in [1.807, 2.05) is 6.92 Å². The number of anilines is 2. The zero-order chi connectivity index (χ0) is 11.7. The van der Waals surface area contributed by atoms with Crippen LogP contribution in [-0.2, 0) is 0 Å². The van der Waals surface area contributed by atoms with Crippen LogP contribution in [0.2, 0.25) is 0 Å². The minimum absolute atomic E-state index is 0.422. The van der Waals surface area contributed by atoms with Crippen LogP contribution in [-0.4, -0.2) is 0 Å². The number of hydrogen-bond acceptors (Lipinski definition) is 2. The lowest BCUT2D eigenvalue weighted by atomic mass is 9.87. The molecule has 0 amide bonds. The molecule has 0 aromatic heterocycles.